The highest BCUT2D eigenvalue weighted by atomic mass is 16.6. The fraction of sp³-hybridized carbons (Fsp3) is 0.822. The zero-order valence-electron chi connectivity index (χ0n) is 52.9. The van der Waals surface area contributed by atoms with Crippen molar-refractivity contribution in [2.24, 2.45) is 0 Å². The number of hydrogen-bond donors (Lipinski definition) is 0. The maximum Gasteiger partial charge on any atom is 0.306 e. The SMILES string of the molecule is CC/C=C\C/C=C\C/C=C\C/C=C\CCCCCCC(=O)OC(COC(=O)CCCCCCC/C=C\CCCCCCCC)COC(=O)CCCCCCCCCCCCCCCCCCCCCCCCCCCCCCC. The molecule has 0 heterocycles. The van der Waals surface area contributed by atoms with Crippen molar-refractivity contribution in [1.29, 1.82) is 0 Å². The van der Waals surface area contributed by atoms with Crippen LogP contribution in [0, 0.1) is 0 Å². The summed E-state index contributed by atoms with van der Waals surface area (Å²) in [6, 6.07) is 0. The quantitative estimate of drug-likeness (QED) is 0.0261. The molecule has 0 bridgehead atoms. The maximum absolute atomic E-state index is 12.9. The highest BCUT2D eigenvalue weighted by Crippen LogP contribution is 2.18. The Morgan fingerprint density at radius 3 is 0.785 bits per heavy atom. The van der Waals surface area contributed by atoms with Crippen molar-refractivity contribution in [3.05, 3.63) is 60.8 Å². The van der Waals surface area contributed by atoms with E-state index in [9.17, 15) is 14.4 Å². The first kappa shape index (κ1) is 76.1. The number of ether oxygens (including phenoxy) is 3. The van der Waals surface area contributed by atoms with Crippen LogP contribution < -0.4 is 0 Å². The van der Waals surface area contributed by atoms with Crippen molar-refractivity contribution in [2.45, 2.75) is 374 Å². The summed E-state index contributed by atoms with van der Waals surface area (Å²) in [5.74, 6) is -0.896. The lowest BCUT2D eigenvalue weighted by atomic mass is 10.0. The van der Waals surface area contributed by atoms with Gasteiger partial charge in [0.1, 0.15) is 13.2 Å². The summed E-state index contributed by atoms with van der Waals surface area (Å²) in [7, 11) is 0. The number of unbranched alkanes of at least 4 members (excludes halogenated alkanes) is 43. The Bertz CT molecular complexity index is 1410. The molecular weight excluding hydrogens is 973 g/mol. The third kappa shape index (κ3) is 65.8. The Kier molecular flexibility index (Phi) is 65.1. The topological polar surface area (TPSA) is 78.9 Å². The molecule has 0 aromatic carbocycles. The van der Waals surface area contributed by atoms with E-state index >= 15 is 0 Å². The van der Waals surface area contributed by atoms with Crippen LogP contribution in [0.5, 0.6) is 0 Å². The molecule has 0 amide bonds. The first-order chi connectivity index (χ1) is 39.0. The normalized spacial score (nSPS) is 12.4. The molecule has 0 rings (SSSR count). The Labute approximate surface area is 491 Å². The molecule has 0 saturated carbocycles. The second-order valence-corrected chi connectivity index (χ2v) is 23.4. The molecule has 6 nitrogen and oxygen atoms in total. The Balaban J connectivity index is 4.23. The van der Waals surface area contributed by atoms with Crippen LogP contribution in [0.3, 0.4) is 0 Å². The molecule has 460 valence electrons. The third-order valence-electron chi connectivity index (χ3n) is 15.5. The summed E-state index contributed by atoms with van der Waals surface area (Å²) in [6.07, 6.45) is 86.9. The summed E-state index contributed by atoms with van der Waals surface area (Å²) in [6.45, 7) is 6.55. The molecule has 0 aliphatic rings. The molecule has 1 unspecified atom stereocenters. The average molecular weight is 1110 g/mol. The van der Waals surface area contributed by atoms with E-state index in [2.05, 4.69) is 81.5 Å². The van der Waals surface area contributed by atoms with Crippen LogP contribution in [0.25, 0.3) is 0 Å². The summed E-state index contributed by atoms with van der Waals surface area (Å²) in [5, 5.41) is 0. The zero-order chi connectivity index (χ0) is 57.1. The number of rotatable bonds is 64. The predicted molar refractivity (Wildman–Crippen MR) is 344 cm³/mol. The molecule has 0 spiro atoms. The minimum atomic E-state index is -0.791. The standard InChI is InChI=1S/C73H132O6/c1-4-7-10-13-16-19-22-25-28-30-31-32-33-34-35-36-37-38-39-40-41-43-45-48-51-54-57-60-63-66-72(75)78-69-70(68-77-71(74)65-62-59-56-53-50-47-44-27-24-21-18-15-12-9-6-3)79-73(76)67-64-61-58-55-52-49-46-42-29-26-23-20-17-14-11-8-5-2/h8,11,17,20,26-27,29,44,46,49,70H,4-7,9-10,12-16,18-19,21-25,28,30-43,45,47-48,50-69H2,1-3H3/b11-8-,20-17-,29-26-,44-27-,49-46-. The van der Waals surface area contributed by atoms with Crippen molar-refractivity contribution in [3.8, 4) is 0 Å². The molecule has 0 aromatic rings. The van der Waals surface area contributed by atoms with Gasteiger partial charge in [-0.25, -0.2) is 0 Å². The van der Waals surface area contributed by atoms with E-state index in [0.29, 0.717) is 19.3 Å². The highest BCUT2D eigenvalue weighted by Gasteiger charge is 2.19. The van der Waals surface area contributed by atoms with Gasteiger partial charge in [-0.3, -0.25) is 14.4 Å². The largest absolute Gasteiger partial charge is 0.462 e. The summed E-state index contributed by atoms with van der Waals surface area (Å²) < 4.78 is 16.9. The van der Waals surface area contributed by atoms with Crippen molar-refractivity contribution in [1.82, 2.24) is 0 Å². The van der Waals surface area contributed by atoms with Gasteiger partial charge in [0.2, 0.25) is 0 Å². The van der Waals surface area contributed by atoms with Gasteiger partial charge in [0, 0.05) is 19.3 Å². The van der Waals surface area contributed by atoms with Gasteiger partial charge < -0.3 is 14.2 Å². The third-order valence-corrected chi connectivity index (χ3v) is 15.5. The van der Waals surface area contributed by atoms with E-state index in [1.165, 1.54) is 225 Å². The first-order valence-corrected chi connectivity index (χ1v) is 34.8. The Morgan fingerprint density at radius 2 is 0.494 bits per heavy atom. The Morgan fingerprint density at radius 1 is 0.266 bits per heavy atom. The molecule has 0 N–H and O–H groups in total. The number of hydrogen-bond acceptors (Lipinski definition) is 6. The fourth-order valence-corrected chi connectivity index (χ4v) is 10.3. The van der Waals surface area contributed by atoms with Gasteiger partial charge >= 0.3 is 17.9 Å². The van der Waals surface area contributed by atoms with Gasteiger partial charge in [-0.15, -0.1) is 0 Å². The van der Waals surface area contributed by atoms with Crippen LogP contribution in [0.1, 0.15) is 367 Å². The van der Waals surface area contributed by atoms with Crippen molar-refractivity contribution in [2.75, 3.05) is 13.2 Å². The fourth-order valence-electron chi connectivity index (χ4n) is 10.3. The number of carbonyl (C=O) groups excluding carboxylic acids is 3. The van der Waals surface area contributed by atoms with Gasteiger partial charge in [0.05, 0.1) is 0 Å². The van der Waals surface area contributed by atoms with Crippen molar-refractivity contribution in [3.63, 3.8) is 0 Å². The molecule has 79 heavy (non-hydrogen) atoms. The molecule has 0 aliphatic carbocycles. The van der Waals surface area contributed by atoms with E-state index in [1.807, 2.05) is 0 Å². The summed E-state index contributed by atoms with van der Waals surface area (Å²) >= 11 is 0. The van der Waals surface area contributed by atoms with E-state index in [0.717, 1.165) is 103 Å². The van der Waals surface area contributed by atoms with Crippen LogP contribution in [-0.4, -0.2) is 37.2 Å². The van der Waals surface area contributed by atoms with Crippen LogP contribution >= 0.6 is 0 Å². The lowest BCUT2D eigenvalue weighted by molar-refractivity contribution is -0.167. The molecule has 0 radical (unpaired) electrons. The highest BCUT2D eigenvalue weighted by molar-refractivity contribution is 5.71. The second kappa shape index (κ2) is 67.6. The van der Waals surface area contributed by atoms with Gasteiger partial charge in [0.15, 0.2) is 6.10 Å². The van der Waals surface area contributed by atoms with E-state index in [4.69, 9.17) is 14.2 Å². The summed E-state index contributed by atoms with van der Waals surface area (Å²) in [4.78, 5) is 38.4. The molecule has 0 saturated heterocycles. The smallest absolute Gasteiger partial charge is 0.306 e. The number of carbonyl (C=O) groups is 3. The van der Waals surface area contributed by atoms with Crippen LogP contribution in [0.4, 0.5) is 0 Å². The van der Waals surface area contributed by atoms with Gasteiger partial charge in [0.25, 0.3) is 0 Å². The monoisotopic (exact) mass is 1110 g/mol. The molecular formula is C73H132O6. The zero-order valence-corrected chi connectivity index (χ0v) is 52.9. The average Bonchev–Trinajstić information content (AvgIpc) is 3.45. The summed E-state index contributed by atoms with van der Waals surface area (Å²) in [5.41, 5.74) is 0. The first-order valence-electron chi connectivity index (χ1n) is 34.8. The van der Waals surface area contributed by atoms with Crippen molar-refractivity contribution >= 4 is 17.9 Å². The minimum Gasteiger partial charge on any atom is -0.462 e. The lowest BCUT2D eigenvalue weighted by Gasteiger charge is -2.18. The lowest BCUT2D eigenvalue weighted by Crippen LogP contribution is -2.30. The van der Waals surface area contributed by atoms with Gasteiger partial charge in [-0.05, 0) is 83.5 Å². The number of esters is 3. The molecule has 0 aliphatic heterocycles. The van der Waals surface area contributed by atoms with E-state index < -0.39 is 6.10 Å². The maximum atomic E-state index is 12.9. The van der Waals surface area contributed by atoms with E-state index in [1.54, 1.807) is 0 Å². The van der Waals surface area contributed by atoms with Crippen LogP contribution in [0.15, 0.2) is 60.8 Å². The molecule has 0 aromatic heterocycles. The molecule has 0 fully saturated rings. The van der Waals surface area contributed by atoms with Crippen LogP contribution in [0.2, 0.25) is 0 Å². The predicted octanol–water partition coefficient (Wildman–Crippen LogP) is 23.9. The molecule has 6 heteroatoms. The van der Waals surface area contributed by atoms with Crippen molar-refractivity contribution < 1.29 is 28.6 Å². The Hall–Kier alpha value is -2.89. The van der Waals surface area contributed by atoms with Gasteiger partial charge in [-0.1, -0.05) is 326 Å². The minimum absolute atomic E-state index is 0.0836. The van der Waals surface area contributed by atoms with E-state index in [-0.39, 0.29) is 31.1 Å². The number of allylic oxidation sites excluding steroid dienone is 10. The van der Waals surface area contributed by atoms with Crippen LogP contribution in [-0.2, 0) is 28.6 Å². The van der Waals surface area contributed by atoms with Gasteiger partial charge in [-0.2, -0.15) is 0 Å². The second-order valence-electron chi connectivity index (χ2n) is 23.4. The molecule has 1 atom stereocenters.